The van der Waals surface area contributed by atoms with Gasteiger partial charge in [0, 0.05) is 11.1 Å². The fourth-order valence-corrected chi connectivity index (χ4v) is 4.08. The summed E-state index contributed by atoms with van der Waals surface area (Å²) in [5.74, 6) is 1.61. The van der Waals surface area contributed by atoms with Gasteiger partial charge in [0.15, 0.2) is 23.0 Å². The number of hydrogen-bond acceptors (Lipinski definition) is 6. The molecular formula is C25H23NO6. The summed E-state index contributed by atoms with van der Waals surface area (Å²) >= 11 is 0. The number of rotatable bonds is 6. The van der Waals surface area contributed by atoms with Crippen molar-refractivity contribution in [1.29, 1.82) is 0 Å². The normalized spacial score (nSPS) is 10.9. The molecule has 7 heteroatoms. The van der Waals surface area contributed by atoms with Crippen LogP contribution in [0.3, 0.4) is 0 Å². The van der Waals surface area contributed by atoms with Crippen LogP contribution in [0.25, 0.3) is 32.7 Å². The number of fused-ring (bicyclic) bond motifs is 3. The third-order valence-electron chi connectivity index (χ3n) is 5.52. The van der Waals surface area contributed by atoms with Crippen LogP contribution in [-0.4, -0.2) is 39.5 Å². The zero-order chi connectivity index (χ0) is 23.0. The van der Waals surface area contributed by atoms with Gasteiger partial charge in [0.1, 0.15) is 5.75 Å². The fraction of sp³-hybridized carbons (Fsp3) is 0.160. The lowest BCUT2D eigenvalue weighted by Crippen LogP contribution is -2.11. The van der Waals surface area contributed by atoms with E-state index in [1.165, 1.54) is 6.07 Å². The van der Waals surface area contributed by atoms with E-state index in [2.05, 4.69) is 0 Å². The van der Waals surface area contributed by atoms with E-state index in [1.54, 1.807) is 52.7 Å². The highest BCUT2D eigenvalue weighted by Crippen LogP contribution is 2.48. The molecule has 32 heavy (non-hydrogen) atoms. The fourth-order valence-electron chi connectivity index (χ4n) is 4.08. The van der Waals surface area contributed by atoms with Gasteiger partial charge in [0.05, 0.1) is 28.4 Å². The van der Waals surface area contributed by atoms with Gasteiger partial charge < -0.3 is 29.8 Å². The number of benzene rings is 4. The van der Waals surface area contributed by atoms with E-state index in [-0.39, 0.29) is 5.75 Å². The van der Waals surface area contributed by atoms with Crippen molar-refractivity contribution in [2.45, 2.75) is 0 Å². The van der Waals surface area contributed by atoms with Gasteiger partial charge in [-0.15, -0.1) is 0 Å². The van der Waals surface area contributed by atoms with Crippen molar-refractivity contribution in [2.75, 3.05) is 28.4 Å². The van der Waals surface area contributed by atoms with Crippen molar-refractivity contribution in [3.8, 4) is 39.9 Å². The maximum atomic E-state index is 12.3. The molecule has 0 fully saturated rings. The molecule has 4 aromatic rings. The van der Waals surface area contributed by atoms with E-state index in [4.69, 9.17) is 24.7 Å². The first-order chi connectivity index (χ1) is 15.4. The Morgan fingerprint density at radius 3 is 2.03 bits per heavy atom. The van der Waals surface area contributed by atoms with Gasteiger partial charge >= 0.3 is 0 Å². The third kappa shape index (κ3) is 3.28. The number of hydrogen-bond donors (Lipinski definition) is 2. The second kappa shape index (κ2) is 8.19. The molecule has 0 bridgehead atoms. The summed E-state index contributed by atoms with van der Waals surface area (Å²) in [6.07, 6.45) is 0. The minimum Gasteiger partial charge on any atom is -0.508 e. The maximum Gasteiger partial charge on any atom is 0.249 e. The summed E-state index contributed by atoms with van der Waals surface area (Å²) in [4.78, 5) is 12.3. The molecule has 4 aromatic carbocycles. The standard InChI is InChI=1S/C25H23NO6/c1-29-20-8-5-13(9-21(20)30-2)23-18-11-19(25(26)28)15-7-6-14(27)10-16(15)17(18)12-22(31-3)24(23)32-4/h5-12,27H,1-4H3,(H2,26,28). The highest BCUT2D eigenvalue weighted by Gasteiger charge is 2.22. The van der Waals surface area contributed by atoms with E-state index < -0.39 is 5.91 Å². The third-order valence-corrected chi connectivity index (χ3v) is 5.52. The Hall–Kier alpha value is -4.13. The van der Waals surface area contributed by atoms with Crippen LogP contribution in [0.5, 0.6) is 28.7 Å². The van der Waals surface area contributed by atoms with E-state index in [0.717, 1.165) is 10.9 Å². The van der Waals surface area contributed by atoms with Gasteiger partial charge in [-0.1, -0.05) is 6.07 Å². The van der Waals surface area contributed by atoms with Crippen LogP contribution >= 0.6 is 0 Å². The molecular weight excluding hydrogens is 410 g/mol. The molecule has 3 N–H and O–H groups in total. The molecule has 0 aliphatic rings. The number of phenolic OH excluding ortho intramolecular Hbond substituents is 1. The Balaban J connectivity index is 2.23. The van der Waals surface area contributed by atoms with Gasteiger partial charge in [0.2, 0.25) is 5.91 Å². The Bertz CT molecular complexity index is 1360. The zero-order valence-corrected chi connectivity index (χ0v) is 18.2. The topological polar surface area (TPSA) is 100 Å². The number of amides is 1. The Labute approximate surface area is 184 Å². The Morgan fingerprint density at radius 2 is 1.41 bits per heavy atom. The highest BCUT2D eigenvalue weighted by molar-refractivity contribution is 6.20. The molecule has 0 aliphatic heterocycles. The highest BCUT2D eigenvalue weighted by atomic mass is 16.5. The Kier molecular flexibility index (Phi) is 5.40. The maximum absolute atomic E-state index is 12.3. The summed E-state index contributed by atoms with van der Waals surface area (Å²) in [6, 6.07) is 13.9. The lowest BCUT2D eigenvalue weighted by Gasteiger charge is -2.19. The number of methoxy groups -OCH3 is 4. The second-order valence-corrected chi connectivity index (χ2v) is 7.17. The molecule has 0 spiro atoms. The molecule has 4 rings (SSSR count). The van der Waals surface area contributed by atoms with E-state index in [1.807, 2.05) is 18.2 Å². The van der Waals surface area contributed by atoms with Crippen molar-refractivity contribution in [3.05, 3.63) is 54.1 Å². The van der Waals surface area contributed by atoms with Crippen LogP contribution < -0.4 is 24.7 Å². The molecule has 0 radical (unpaired) electrons. The average Bonchev–Trinajstić information content (AvgIpc) is 2.81. The summed E-state index contributed by atoms with van der Waals surface area (Å²) in [5.41, 5.74) is 7.50. The van der Waals surface area contributed by atoms with Crippen LogP contribution in [0.2, 0.25) is 0 Å². The van der Waals surface area contributed by atoms with Crippen molar-refractivity contribution in [3.63, 3.8) is 0 Å². The number of aromatic hydroxyl groups is 1. The molecule has 0 atom stereocenters. The quantitative estimate of drug-likeness (QED) is 0.434. The largest absolute Gasteiger partial charge is 0.508 e. The van der Waals surface area contributed by atoms with Crippen LogP contribution in [0.1, 0.15) is 10.4 Å². The predicted molar refractivity (Wildman–Crippen MR) is 123 cm³/mol. The molecule has 0 unspecified atom stereocenters. The van der Waals surface area contributed by atoms with Crippen molar-refractivity contribution in [2.24, 2.45) is 5.73 Å². The number of phenols is 1. The first-order valence-electron chi connectivity index (χ1n) is 9.80. The van der Waals surface area contributed by atoms with Crippen LogP contribution in [0.4, 0.5) is 0 Å². The molecule has 0 heterocycles. The Morgan fingerprint density at radius 1 is 0.719 bits per heavy atom. The second-order valence-electron chi connectivity index (χ2n) is 7.17. The number of primary amides is 1. The molecule has 1 amide bonds. The van der Waals surface area contributed by atoms with Gasteiger partial charge in [-0.05, 0) is 69.6 Å². The van der Waals surface area contributed by atoms with Crippen molar-refractivity contribution in [1.82, 2.24) is 0 Å². The zero-order valence-electron chi connectivity index (χ0n) is 18.2. The predicted octanol–water partition coefficient (Wildman–Crippen LogP) is 4.50. The minimum absolute atomic E-state index is 0.0721. The summed E-state index contributed by atoms with van der Waals surface area (Å²) in [5, 5.41) is 12.9. The minimum atomic E-state index is -0.573. The summed E-state index contributed by atoms with van der Waals surface area (Å²) in [7, 11) is 6.23. The number of carbonyl (C=O) groups is 1. The lowest BCUT2D eigenvalue weighted by atomic mass is 9.90. The number of ether oxygens (including phenoxy) is 4. The molecule has 164 valence electrons. The van der Waals surface area contributed by atoms with Crippen LogP contribution in [0.15, 0.2) is 48.5 Å². The van der Waals surface area contributed by atoms with Crippen LogP contribution in [-0.2, 0) is 0 Å². The van der Waals surface area contributed by atoms with Crippen molar-refractivity contribution >= 4 is 27.5 Å². The smallest absolute Gasteiger partial charge is 0.249 e. The molecule has 0 saturated heterocycles. The van der Waals surface area contributed by atoms with E-state index in [0.29, 0.717) is 50.3 Å². The molecule has 0 aromatic heterocycles. The lowest BCUT2D eigenvalue weighted by molar-refractivity contribution is 0.100. The van der Waals surface area contributed by atoms with Gasteiger partial charge in [0.25, 0.3) is 0 Å². The molecule has 0 aliphatic carbocycles. The van der Waals surface area contributed by atoms with Gasteiger partial charge in [-0.25, -0.2) is 0 Å². The monoisotopic (exact) mass is 433 g/mol. The van der Waals surface area contributed by atoms with E-state index in [9.17, 15) is 9.90 Å². The average molecular weight is 433 g/mol. The molecule has 0 saturated carbocycles. The molecule has 7 nitrogen and oxygen atoms in total. The summed E-state index contributed by atoms with van der Waals surface area (Å²) in [6.45, 7) is 0. The first-order valence-corrected chi connectivity index (χ1v) is 9.80. The number of nitrogens with two attached hydrogens (primary N) is 1. The summed E-state index contributed by atoms with van der Waals surface area (Å²) < 4.78 is 22.2. The van der Waals surface area contributed by atoms with E-state index >= 15 is 0 Å². The number of carbonyl (C=O) groups excluding carboxylic acids is 1. The van der Waals surface area contributed by atoms with Crippen LogP contribution in [0, 0.1) is 0 Å². The van der Waals surface area contributed by atoms with Gasteiger partial charge in [-0.3, -0.25) is 4.79 Å². The first kappa shape index (κ1) is 21.1. The SMILES string of the molecule is COc1ccc(-c2c(OC)c(OC)cc3c2cc(C(N)=O)c2ccc(O)cc23)cc1OC. The van der Waals surface area contributed by atoms with Gasteiger partial charge in [-0.2, -0.15) is 0 Å². The van der Waals surface area contributed by atoms with Crippen molar-refractivity contribution < 1.29 is 28.8 Å².